The van der Waals surface area contributed by atoms with Gasteiger partial charge >= 0.3 is 0 Å². The van der Waals surface area contributed by atoms with Gasteiger partial charge in [-0.3, -0.25) is 0 Å². The fourth-order valence-corrected chi connectivity index (χ4v) is 4.85. The van der Waals surface area contributed by atoms with Gasteiger partial charge < -0.3 is 9.84 Å². The van der Waals surface area contributed by atoms with Gasteiger partial charge in [0, 0.05) is 18.2 Å². The Kier molecular flexibility index (Phi) is 1.99. The Bertz CT molecular complexity index is 425. The first-order valence-electron chi connectivity index (χ1n) is 6.91. The summed E-state index contributed by atoms with van der Waals surface area (Å²) in [5.74, 6) is 3.88. The molecule has 3 heteroatoms. The number of nitrogens with zero attached hydrogens (tertiary/aromatic N) is 1. The molecule has 0 aliphatic heterocycles. The van der Waals surface area contributed by atoms with Gasteiger partial charge in [0.25, 0.3) is 0 Å². The summed E-state index contributed by atoms with van der Waals surface area (Å²) in [5.41, 5.74) is 1.52. The van der Waals surface area contributed by atoms with Crippen molar-refractivity contribution in [2.45, 2.75) is 51.1 Å². The molecule has 4 saturated carbocycles. The summed E-state index contributed by atoms with van der Waals surface area (Å²) in [7, 11) is 0. The van der Waals surface area contributed by atoms with E-state index in [1.807, 2.05) is 13.0 Å². The third-order valence-electron chi connectivity index (χ3n) is 5.29. The Morgan fingerprint density at radius 1 is 1.35 bits per heavy atom. The molecule has 4 fully saturated rings. The van der Waals surface area contributed by atoms with Gasteiger partial charge in [-0.1, -0.05) is 5.16 Å². The molecule has 92 valence electrons. The van der Waals surface area contributed by atoms with Crippen LogP contribution in [-0.4, -0.2) is 10.7 Å². The van der Waals surface area contributed by atoms with E-state index in [1.165, 1.54) is 32.1 Å². The summed E-state index contributed by atoms with van der Waals surface area (Å²) >= 11 is 0. The number of hydrogen-bond donors (Lipinski definition) is 1. The first-order valence-corrected chi connectivity index (χ1v) is 6.91. The van der Waals surface area contributed by atoms with E-state index < -0.39 is 0 Å². The van der Waals surface area contributed by atoms with E-state index in [0.717, 1.165) is 35.8 Å². The summed E-state index contributed by atoms with van der Waals surface area (Å²) < 4.78 is 5.13. The van der Waals surface area contributed by atoms with Gasteiger partial charge in [-0.25, -0.2) is 0 Å². The Hall–Kier alpha value is -0.830. The Balaban J connectivity index is 1.49. The van der Waals surface area contributed by atoms with Crippen LogP contribution >= 0.6 is 0 Å². The van der Waals surface area contributed by atoms with Crippen LogP contribution in [0.3, 0.4) is 0 Å². The van der Waals surface area contributed by atoms with E-state index in [0.29, 0.717) is 5.54 Å². The molecular weight excluding hydrogens is 212 g/mol. The van der Waals surface area contributed by atoms with Crippen molar-refractivity contribution in [1.29, 1.82) is 0 Å². The van der Waals surface area contributed by atoms with Crippen LogP contribution in [-0.2, 0) is 6.54 Å². The lowest BCUT2D eigenvalue weighted by Gasteiger charge is -2.33. The largest absolute Gasteiger partial charge is 0.361 e. The van der Waals surface area contributed by atoms with Gasteiger partial charge in [0.05, 0.1) is 5.69 Å². The second-order valence-electron chi connectivity index (χ2n) is 6.48. The number of aryl methyl sites for hydroxylation is 1. The predicted molar refractivity (Wildman–Crippen MR) is 64.4 cm³/mol. The molecule has 0 aromatic carbocycles. The second kappa shape index (κ2) is 3.35. The Morgan fingerprint density at radius 3 is 2.76 bits per heavy atom. The van der Waals surface area contributed by atoms with Crippen LogP contribution in [0.5, 0.6) is 0 Å². The molecule has 2 atom stereocenters. The molecule has 0 spiro atoms. The van der Waals surface area contributed by atoms with Gasteiger partial charge in [-0.05, 0) is 56.8 Å². The van der Waals surface area contributed by atoms with E-state index in [-0.39, 0.29) is 0 Å². The van der Waals surface area contributed by atoms with E-state index in [2.05, 4.69) is 10.5 Å². The molecule has 1 aromatic heterocycles. The first-order chi connectivity index (χ1) is 8.23. The van der Waals surface area contributed by atoms with E-state index >= 15 is 0 Å². The van der Waals surface area contributed by atoms with Crippen molar-refractivity contribution < 1.29 is 4.52 Å². The zero-order valence-corrected chi connectivity index (χ0v) is 10.4. The van der Waals surface area contributed by atoms with Crippen molar-refractivity contribution in [3.63, 3.8) is 0 Å². The molecule has 4 aliphatic carbocycles. The van der Waals surface area contributed by atoms with Crippen LogP contribution in [0.15, 0.2) is 10.6 Å². The van der Waals surface area contributed by atoms with Crippen LogP contribution in [0.2, 0.25) is 0 Å². The molecule has 0 radical (unpaired) electrons. The molecule has 2 unspecified atom stereocenters. The minimum absolute atomic E-state index is 0.459. The van der Waals surface area contributed by atoms with Gasteiger partial charge in [-0.2, -0.15) is 0 Å². The van der Waals surface area contributed by atoms with Crippen LogP contribution in [0, 0.1) is 24.7 Å². The maximum Gasteiger partial charge on any atom is 0.133 e. The van der Waals surface area contributed by atoms with Crippen LogP contribution < -0.4 is 5.32 Å². The third kappa shape index (κ3) is 1.48. The predicted octanol–water partition coefficient (Wildman–Crippen LogP) is 2.65. The fourth-order valence-electron chi connectivity index (χ4n) is 4.85. The minimum atomic E-state index is 0.459. The monoisotopic (exact) mass is 232 g/mol. The average Bonchev–Trinajstić information content (AvgIpc) is 2.87. The van der Waals surface area contributed by atoms with Gasteiger partial charge in [0.2, 0.25) is 0 Å². The number of rotatable bonds is 3. The van der Waals surface area contributed by atoms with Crippen molar-refractivity contribution in [3.05, 3.63) is 17.5 Å². The summed E-state index contributed by atoms with van der Waals surface area (Å²) in [4.78, 5) is 0. The summed E-state index contributed by atoms with van der Waals surface area (Å²) in [6.45, 7) is 2.84. The molecule has 5 rings (SSSR count). The van der Waals surface area contributed by atoms with Gasteiger partial charge in [-0.15, -0.1) is 0 Å². The quantitative estimate of drug-likeness (QED) is 0.870. The van der Waals surface area contributed by atoms with Gasteiger partial charge in [0.1, 0.15) is 5.76 Å². The van der Waals surface area contributed by atoms with Crippen LogP contribution in [0.4, 0.5) is 0 Å². The molecule has 4 bridgehead atoms. The molecule has 1 N–H and O–H groups in total. The molecule has 4 aliphatic rings. The highest BCUT2D eigenvalue weighted by atomic mass is 16.5. The molecule has 3 nitrogen and oxygen atoms in total. The van der Waals surface area contributed by atoms with Crippen LogP contribution in [0.25, 0.3) is 0 Å². The Morgan fingerprint density at radius 2 is 2.12 bits per heavy atom. The lowest BCUT2D eigenvalue weighted by molar-refractivity contribution is 0.231. The maximum absolute atomic E-state index is 5.13. The van der Waals surface area contributed by atoms with Crippen molar-refractivity contribution in [2.75, 3.05) is 0 Å². The summed E-state index contributed by atoms with van der Waals surface area (Å²) in [6.07, 6.45) is 7.27. The molecular formula is C14H20N2O. The molecule has 0 saturated heterocycles. The zero-order valence-electron chi connectivity index (χ0n) is 10.4. The first kappa shape index (κ1) is 10.1. The highest BCUT2D eigenvalue weighted by Gasteiger charge is 2.57. The average molecular weight is 232 g/mol. The van der Waals surface area contributed by atoms with E-state index in [9.17, 15) is 0 Å². The van der Waals surface area contributed by atoms with Crippen molar-refractivity contribution in [1.82, 2.24) is 10.5 Å². The summed E-state index contributed by atoms with van der Waals surface area (Å²) in [6, 6.07) is 2.04. The number of nitrogens with one attached hydrogen (secondary N) is 1. The number of hydrogen-bond acceptors (Lipinski definition) is 3. The lowest BCUT2D eigenvalue weighted by atomic mass is 9.80. The van der Waals surface area contributed by atoms with Crippen molar-refractivity contribution in [3.8, 4) is 0 Å². The van der Waals surface area contributed by atoms with Crippen LogP contribution in [0.1, 0.15) is 43.6 Å². The van der Waals surface area contributed by atoms with E-state index in [1.54, 1.807) is 0 Å². The van der Waals surface area contributed by atoms with Crippen molar-refractivity contribution in [2.24, 2.45) is 17.8 Å². The molecule has 17 heavy (non-hydrogen) atoms. The standard InChI is InChI=1S/C14H20N2O/c1-9-2-13(16-17-9)8-15-14-6-10-3-11(7-14)5-12(14)4-10/h2,10-12,15H,3-8H2,1H3. The SMILES string of the molecule is Cc1cc(CNC23CC4CC(CC2C4)C3)no1. The fraction of sp³-hybridized carbons (Fsp3) is 0.786. The van der Waals surface area contributed by atoms with E-state index in [4.69, 9.17) is 4.52 Å². The lowest BCUT2D eigenvalue weighted by Crippen LogP contribution is -2.45. The highest BCUT2D eigenvalue weighted by Crippen LogP contribution is 2.60. The third-order valence-corrected chi connectivity index (χ3v) is 5.29. The molecule has 1 aromatic rings. The topological polar surface area (TPSA) is 38.1 Å². The smallest absolute Gasteiger partial charge is 0.133 e. The minimum Gasteiger partial charge on any atom is -0.361 e. The number of aromatic nitrogens is 1. The molecule has 0 amide bonds. The second-order valence-corrected chi connectivity index (χ2v) is 6.48. The maximum atomic E-state index is 5.13. The van der Waals surface area contributed by atoms with Crippen molar-refractivity contribution >= 4 is 0 Å². The van der Waals surface area contributed by atoms with Gasteiger partial charge in [0.15, 0.2) is 0 Å². The zero-order chi connectivity index (χ0) is 11.5. The Labute approximate surface area is 102 Å². The highest BCUT2D eigenvalue weighted by molar-refractivity contribution is 5.14. The summed E-state index contributed by atoms with van der Waals surface area (Å²) in [5, 5.41) is 7.91. The molecule has 1 heterocycles. The normalized spacial score (nSPS) is 42.5.